The van der Waals surface area contributed by atoms with Gasteiger partial charge in [-0.05, 0) is 59.1 Å². The minimum atomic E-state index is -0.469. The minimum absolute atomic E-state index is 0.0102. The number of ether oxygens (including phenoxy) is 2. The van der Waals surface area contributed by atoms with Gasteiger partial charge in [-0.15, -0.1) is 0 Å². The Labute approximate surface area is 206 Å². The summed E-state index contributed by atoms with van der Waals surface area (Å²) in [5.41, 5.74) is 1.51. The van der Waals surface area contributed by atoms with E-state index in [2.05, 4.69) is 9.97 Å². The van der Waals surface area contributed by atoms with E-state index >= 15 is 0 Å². The molecule has 0 radical (unpaired) electrons. The zero-order chi connectivity index (χ0) is 25.4. The van der Waals surface area contributed by atoms with E-state index < -0.39 is 5.60 Å². The van der Waals surface area contributed by atoms with Crippen molar-refractivity contribution in [2.75, 3.05) is 0 Å². The number of allylic oxidation sites excluding steroid dienone is 1. The number of carbonyl (C=O) groups excluding carboxylic acids is 2. The van der Waals surface area contributed by atoms with Crippen molar-refractivity contribution in [1.82, 2.24) is 9.97 Å². The van der Waals surface area contributed by atoms with E-state index in [0.29, 0.717) is 41.1 Å². The van der Waals surface area contributed by atoms with Gasteiger partial charge in [0.25, 0.3) is 0 Å². The first-order valence-electron chi connectivity index (χ1n) is 12.1. The Morgan fingerprint density at radius 2 is 1.86 bits per heavy atom. The van der Waals surface area contributed by atoms with Gasteiger partial charge in [0.1, 0.15) is 23.1 Å². The molecular formula is C28H34N2O5. The number of rotatable bonds is 11. The van der Waals surface area contributed by atoms with Crippen molar-refractivity contribution in [1.29, 1.82) is 0 Å². The van der Waals surface area contributed by atoms with Crippen molar-refractivity contribution in [3.63, 3.8) is 0 Å². The molecule has 2 heterocycles. The van der Waals surface area contributed by atoms with Crippen molar-refractivity contribution >= 4 is 28.9 Å². The lowest BCUT2D eigenvalue weighted by Crippen LogP contribution is -2.23. The topological polar surface area (TPSA) is 91.5 Å². The molecular weight excluding hydrogens is 444 g/mol. The monoisotopic (exact) mass is 478 g/mol. The molecule has 0 saturated heterocycles. The average Bonchev–Trinajstić information content (AvgIpc) is 3.19. The SMILES string of the molecule is CCC(=O)C=Cc1c(-c2ccccc2)oc2ncnc(O[C@H](C)CCCCC(=O)OC(C)(C)C)c12. The summed E-state index contributed by atoms with van der Waals surface area (Å²) in [4.78, 5) is 32.6. The number of hydrogen-bond donors (Lipinski definition) is 0. The molecule has 0 aliphatic carbocycles. The summed E-state index contributed by atoms with van der Waals surface area (Å²) in [6.07, 6.45) is 7.64. The number of ketones is 1. The molecule has 0 aliphatic rings. The van der Waals surface area contributed by atoms with Gasteiger partial charge in [0.05, 0.1) is 6.10 Å². The largest absolute Gasteiger partial charge is 0.474 e. The molecule has 7 heteroatoms. The van der Waals surface area contributed by atoms with Crippen LogP contribution in [-0.2, 0) is 14.3 Å². The third kappa shape index (κ3) is 7.50. The van der Waals surface area contributed by atoms with E-state index in [0.717, 1.165) is 24.8 Å². The molecule has 1 atom stereocenters. The molecule has 0 amide bonds. The van der Waals surface area contributed by atoms with E-state index in [4.69, 9.17) is 13.9 Å². The molecule has 1 aromatic carbocycles. The van der Waals surface area contributed by atoms with Gasteiger partial charge in [0.2, 0.25) is 11.6 Å². The molecule has 186 valence electrons. The van der Waals surface area contributed by atoms with Crippen LogP contribution in [0.25, 0.3) is 28.5 Å². The molecule has 35 heavy (non-hydrogen) atoms. The van der Waals surface area contributed by atoms with Crippen LogP contribution in [0.1, 0.15) is 72.3 Å². The summed E-state index contributed by atoms with van der Waals surface area (Å²) in [7, 11) is 0. The Morgan fingerprint density at radius 3 is 2.54 bits per heavy atom. The van der Waals surface area contributed by atoms with Gasteiger partial charge >= 0.3 is 5.97 Å². The van der Waals surface area contributed by atoms with E-state index in [-0.39, 0.29) is 17.9 Å². The van der Waals surface area contributed by atoms with Crippen molar-refractivity contribution in [3.8, 4) is 17.2 Å². The third-order valence-electron chi connectivity index (χ3n) is 5.29. The van der Waals surface area contributed by atoms with Gasteiger partial charge in [0, 0.05) is 24.0 Å². The first-order chi connectivity index (χ1) is 16.7. The van der Waals surface area contributed by atoms with Gasteiger partial charge in [-0.2, -0.15) is 0 Å². The molecule has 0 N–H and O–H groups in total. The predicted molar refractivity (Wildman–Crippen MR) is 136 cm³/mol. The smallest absolute Gasteiger partial charge is 0.306 e. The van der Waals surface area contributed by atoms with Gasteiger partial charge in [-0.1, -0.05) is 37.3 Å². The van der Waals surface area contributed by atoms with Gasteiger partial charge in [-0.3, -0.25) is 9.59 Å². The van der Waals surface area contributed by atoms with Crippen LogP contribution in [0.5, 0.6) is 5.88 Å². The number of furan rings is 1. The van der Waals surface area contributed by atoms with E-state index in [9.17, 15) is 9.59 Å². The number of aromatic nitrogens is 2. The fraction of sp³-hybridized carbons (Fsp3) is 0.429. The second-order valence-corrected chi connectivity index (χ2v) is 9.48. The maximum Gasteiger partial charge on any atom is 0.306 e. The highest BCUT2D eigenvalue weighted by Crippen LogP contribution is 2.38. The summed E-state index contributed by atoms with van der Waals surface area (Å²) in [5, 5.41) is 0.632. The number of nitrogens with zero attached hydrogens (tertiary/aromatic N) is 2. The highest BCUT2D eigenvalue weighted by atomic mass is 16.6. The lowest BCUT2D eigenvalue weighted by molar-refractivity contribution is -0.154. The average molecular weight is 479 g/mol. The number of hydrogen-bond acceptors (Lipinski definition) is 7. The van der Waals surface area contributed by atoms with Crippen LogP contribution in [-0.4, -0.2) is 33.4 Å². The summed E-state index contributed by atoms with van der Waals surface area (Å²) in [6.45, 7) is 9.38. The molecule has 3 rings (SSSR count). The summed E-state index contributed by atoms with van der Waals surface area (Å²) >= 11 is 0. The maximum absolute atomic E-state index is 12.0. The molecule has 0 aliphatic heterocycles. The third-order valence-corrected chi connectivity index (χ3v) is 5.29. The van der Waals surface area contributed by atoms with Crippen molar-refractivity contribution in [2.24, 2.45) is 0 Å². The normalized spacial score (nSPS) is 12.7. The summed E-state index contributed by atoms with van der Waals surface area (Å²) < 4.78 is 17.6. The van der Waals surface area contributed by atoms with Crippen LogP contribution >= 0.6 is 0 Å². The van der Waals surface area contributed by atoms with Crippen molar-refractivity contribution in [3.05, 3.63) is 48.3 Å². The fourth-order valence-electron chi connectivity index (χ4n) is 3.62. The Bertz CT molecular complexity index is 1180. The maximum atomic E-state index is 12.0. The van der Waals surface area contributed by atoms with Crippen molar-refractivity contribution in [2.45, 2.75) is 78.4 Å². The Balaban J connectivity index is 1.78. The predicted octanol–water partition coefficient (Wildman–Crippen LogP) is 6.55. The zero-order valence-corrected chi connectivity index (χ0v) is 21.2. The number of carbonyl (C=O) groups is 2. The first kappa shape index (κ1) is 26.1. The number of benzene rings is 1. The number of esters is 1. The quantitative estimate of drug-likeness (QED) is 0.175. The van der Waals surface area contributed by atoms with Crippen LogP contribution in [0.2, 0.25) is 0 Å². The van der Waals surface area contributed by atoms with Crippen LogP contribution in [0.15, 0.2) is 47.2 Å². The van der Waals surface area contributed by atoms with Crippen LogP contribution in [0, 0.1) is 0 Å². The molecule has 7 nitrogen and oxygen atoms in total. The van der Waals surface area contributed by atoms with Crippen LogP contribution < -0.4 is 4.74 Å². The molecule has 0 spiro atoms. The lowest BCUT2D eigenvalue weighted by Gasteiger charge is -2.19. The Kier molecular flexibility index (Phi) is 8.79. The number of unbranched alkanes of at least 4 members (excludes halogenated alkanes) is 1. The molecule has 0 fully saturated rings. The van der Waals surface area contributed by atoms with Gasteiger partial charge in [0.15, 0.2) is 5.78 Å². The second-order valence-electron chi connectivity index (χ2n) is 9.48. The zero-order valence-electron chi connectivity index (χ0n) is 21.2. The van der Waals surface area contributed by atoms with E-state index in [1.54, 1.807) is 12.2 Å². The summed E-state index contributed by atoms with van der Waals surface area (Å²) in [6, 6.07) is 9.67. The Hall–Kier alpha value is -3.48. The standard InChI is InChI=1S/C28H34N2O5/c1-6-21(31)16-17-22-24-26(33-19(2)12-10-11-15-23(32)35-28(3,4)5)29-18-30-27(24)34-25(22)20-13-8-7-9-14-20/h7-9,13-14,16-19H,6,10-12,15H2,1-5H3/t19-/m1/s1. The second kappa shape index (κ2) is 11.8. The molecule has 0 unspecified atom stereocenters. The van der Waals surface area contributed by atoms with E-state index in [1.807, 2.05) is 65.0 Å². The van der Waals surface area contributed by atoms with Crippen LogP contribution in [0.4, 0.5) is 0 Å². The lowest BCUT2D eigenvalue weighted by atomic mass is 10.1. The van der Waals surface area contributed by atoms with Gasteiger partial charge in [-0.25, -0.2) is 9.97 Å². The highest BCUT2D eigenvalue weighted by Gasteiger charge is 2.21. The van der Waals surface area contributed by atoms with Gasteiger partial charge < -0.3 is 13.9 Å². The Morgan fingerprint density at radius 1 is 1.11 bits per heavy atom. The number of fused-ring (bicyclic) bond motifs is 1. The minimum Gasteiger partial charge on any atom is -0.474 e. The molecule has 2 aromatic heterocycles. The van der Waals surface area contributed by atoms with E-state index in [1.165, 1.54) is 6.33 Å². The fourth-order valence-corrected chi connectivity index (χ4v) is 3.62. The highest BCUT2D eigenvalue weighted by molar-refractivity contribution is 6.00. The molecule has 3 aromatic rings. The summed E-state index contributed by atoms with van der Waals surface area (Å²) in [5.74, 6) is 0.838. The van der Waals surface area contributed by atoms with Crippen molar-refractivity contribution < 1.29 is 23.5 Å². The van der Waals surface area contributed by atoms with Crippen LogP contribution in [0.3, 0.4) is 0 Å². The molecule has 0 saturated carbocycles. The first-order valence-corrected chi connectivity index (χ1v) is 12.1. The molecule has 0 bridgehead atoms.